The van der Waals surface area contributed by atoms with Gasteiger partial charge in [0.1, 0.15) is 11.7 Å². The van der Waals surface area contributed by atoms with Gasteiger partial charge in [0.25, 0.3) is 5.91 Å². The van der Waals surface area contributed by atoms with Crippen LogP contribution in [0.15, 0.2) is 71.5 Å². The summed E-state index contributed by atoms with van der Waals surface area (Å²) in [5.41, 5.74) is 8.55. The normalized spacial score (nSPS) is 11.9. The number of carbonyl (C=O) groups excluding carboxylic acids is 1. The number of nitrogen functional groups attached to an aromatic ring is 1. The van der Waals surface area contributed by atoms with E-state index in [1.165, 1.54) is 6.20 Å². The summed E-state index contributed by atoms with van der Waals surface area (Å²) in [6.45, 7) is 1.88. The second kappa shape index (κ2) is 7.85. The zero-order valence-corrected chi connectivity index (χ0v) is 16.3. The van der Waals surface area contributed by atoms with Gasteiger partial charge in [-0.25, -0.2) is 4.98 Å². The Bertz CT molecular complexity index is 1190. The van der Waals surface area contributed by atoms with Crippen LogP contribution in [0.2, 0.25) is 5.02 Å². The number of pyridine rings is 1. The summed E-state index contributed by atoms with van der Waals surface area (Å²) in [7, 11) is 0. The molecule has 4 rings (SSSR count). The summed E-state index contributed by atoms with van der Waals surface area (Å²) in [5, 5.41) is 4.29. The Balaban J connectivity index is 1.50. The van der Waals surface area contributed by atoms with E-state index in [-0.39, 0.29) is 17.8 Å². The maximum atomic E-state index is 12.6. The van der Waals surface area contributed by atoms with Crippen molar-refractivity contribution in [2.75, 3.05) is 11.1 Å². The molecule has 2 heterocycles. The number of rotatable bonds is 5. The van der Waals surface area contributed by atoms with Crippen LogP contribution in [-0.2, 0) is 0 Å². The number of anilines is 2. The zero-order valence-electron chi connectivity index (χ0n) is 15.6. The number of aromatic nitrogens is 1. The molecule has 29 heavy (non-hydrogen) atoms. The number of halogens is 1. The van der Waals surface area contributed by atoms with Gasteiger partial charge in [-0.2, -0.15) is 0 Å². The predicted octanol–water partition coefficient (Wildman–Crippen LogP) is 5.46. The van der Waals surface area contributed by atoms with Crippen molar-refractivity contribution < 1.29 is 13.9 Å². The van der Waals surface area contributed by atoms with E-state index in [1.807, 2.05) is 43.3 Å². The topological polar surface area (TPSA) is 90.4 Å². The lowest BCUT2D eigenvalue weighted by Gasteiger charge is -2.17. The number of ether oxygens (including phenoxy) is 1. The highest BCUT2D eigenvalue weighted by atomic mass is 35.5. The first kappa shape index (κ1) is 18.8. The maximum Gasteiger partial charge on any atom is 0.255 e. The summed E-state index contributed by atoms with van der Waals surface area (Å²) >= 11 is 5.96. The Morgan fingerprint density at radius 2 is 2.07 bits per heavy atom. The van der Waals surface area contributed by atoms with E-state index in [1.54, 1.807) is 24.5 Å². The number of furan rings is 1. The van der Waals surface area contributed by atoms with Gasteiger partial charge in [0.05, 0.1) is 11.3 Å². The third-order valence-corrected chi connectivity index (χ3v) is 4.69. The Morgan fingerprint density at radius 3 is 2.93 bits per heavy atom. The molecule has 0 aliphatic heterocycles. The molecule has 0 spiro atoms. The first-order chi connectivity index (χ1) is 14.0. The lowest BCUT2D eigenvalue weighted by Crippen LogP contribution is -2.12. The number of nitrogens with two attached hydrogens (primary N) is 1. The molecule has 1 amide bonds. The second-order valence-electron chi connectivity index (χ2n) is 6.55. The van der Waals surface area contributed by atoms with E-state index in [0.29, 0.717) is 27.6 Å². The number of fused-ring (bicyclic) bond motifs is 1. The van der Waals surface area contributed by atoms with Crippen LogP contribution in [-0.4, -0.2) is 10.9 Å². The summed E-state index contributed by atoms with van der Waals surface area (Å²) in [5.74, 6) is 0.447. The van der Waals surface area contributed by atoms with Crippen LogP contribution < -0.4 is 15.8 Å². The minimum absolute atomic E-state index is 0.225. The Labute approximate surface area is 172 Å². The highest BCUT2D eigenvalue weighted by molar-refractivity contribution is 6.30. The molecule has 0 unspecified atom stereocenters. The van der Waals surface area contributed by atoms with Gasteiger partial charge in [0, 0.05) is 28.9 Å². The van der Waals surface area contributed by atoms with Gasteiger partial charge in [-0.15, -0.1) is 0 Å². The first-order valence-electron chi connectivity index (χ1n) is 8.96. The lowest BCUT2D eigenvalue weighted by molar-refractivity contribution is 0.102. The minimum atomic E-state index is -0.325. The molecule has 0 saturated heterocycles. The molecule has 2 aromatic carbocycles. The van der Waals surface area contributed by atoms with Crippen LogP contribution in [0.1, 0.15) is 28.9 Å². The minimum Gasteiger partial charge on any atom is -0.482 e. The molecule has 7 heteroatoms. The van der Waals surface area contributed by atoms with E-state index in [9.17, 15) is 4.79 Å². The van der Waals surface area contributed by atoms with Crippen LogP contribution in [0.3, 0.4) is 0 Å². The van der Waals surface area contributed by atoms with Crippen molar-refractivity contribution in [1.29, 1.82) is 0 Å². The van der Waals surface area contributed by atoms with E-state index >= 15 is 0 Å². The molecule has 146 valence electrons. The van der Waals surface area contributed by atoms with Crippen molar-refractivity contribution in [2.45, 2.75) is 13.0 Å². The molecule has 0 saturated carbocycles. The highest BCUT2D eigenvalue weighted by Gasteiger charge is 2.13. The molecule has 0 aliphatic rings. The average molecular weight is 408 g/mol. The first-order valence-corrected chi connectivity index (χ1v) is 9.33. The highest BCUT2D eigenvalue weighted by Crippen LogP contribution is 2.29. The fourth-order valence-electron chi connectivity index (χ4n) is 2.95. The molecular weight excluding hydrogens is 390 g/mol. The molecule has 0 aliphatic carbocycles. The van der Waals surface area contributed by atoms with Crippen LogP contribution in [0.5, 0.6) is 5.75 Å². The Morgan fingerprint density at radius 1 is 1.21 bits per heavy atom. The van der Waals surface area contributed by atoms with E-state index in [2.05, 4.69) is 10.3 Å². The molecule has 6 nitrogen and oxygen atoms in total. The number of hydrogen-bond acceptors (Lipinski definition) is 5. The number of carbonyl (C=O) groups is 1. The average Bonchev–Trinajstić information content (AvgIpc) is 3.18. The Hall–Kier alpha value is -3.51. The van der Waals surface area contributed by atoms with Gasteiger partial charge in [0.15, 0.2) is 11.6 Å². The second-order valence-corrected chi connectivity index (χ2v) is 6.99. The quantitative estimate of drug-likeness (QED) is 0.458. The van der Waals surface area contributed by atoms with Crippen LogP contribution in [0.25, 0.3) is 11.0 Å². The maximum absolute atomic E-state index is 12.6. The smallest absolute Gasteiger partial charge is 0.255 e. The van der Waals surface area contributed by atoms with Gasteiger partial charge < -0.3 is 20.2 Å². The van der Waals surface area contributed by atoms with Crippen LogP contribution in [0.4, 0.5) is 11.5 Å². The third-order valence-electron chi connectivity index (χ3n) is 4.48. The van der Waals surface area contributed by atoms with Crippen LogP contribution in [0, 0.1) is 0 Å². The number of benzene rings is 2. The number of nitrogens with one attached hydrogen (secondary N) is 1. The predicted molar refractivity (Wildman–Crippen MR) is 113 cm³/mol. The molecule has 3 N–H and O–H groups in total. The summed E-state index contributed by atoms with van der Waals surface area (Å²) in [4.78, 5) is 16.6. The van der Waals surface area contributed by atoms with Gasteiger partial charge in [0.2, 0.25) is 0 Å². The standard InChI is InChI=1S/C22H18ClN3O3/c1-13(29-20-11-17(23)12-25-21(20)24)15-3-2-4-18(9-15)26-22(27)16-6-5-14-7-8-28-19(14)10-16/h2-13H,1H3,(H2,24,25)(H,26,27)/t13-/m1/s1. The molecule has 0 bridgehead atoms. The van der Waals surface area contributed by atoms with Crippen molar-refractivity contribution in [2.24, 2.45) is 0 Å². The fourth-order valence-corrected chi connectivity index (χ4v) is 3.10. The number of hydrogen-bond donors (Lipinski definition) is 2. The van der Waals surface area contributed by atoms with Gasteiger partial charge in [-0.1, -0.05) is 29.8 Å². The molecule has 1 atom stereocenters. The lowest BCUT2D eigenvalue weighted by atomic mass is 10.1. The fraction of sp³-hybridized carbons (Fsp3) is 0.0909. The van der Waals surface area contributed by atoms with Crippen molar-refractivity contribution in [3.8, 4) is 5.75 Å². The SMILES string of the molecule is C[C@@H](Oc1cc(Cl)cnc1N)c1cccc(NC(=O)c2ccc3ccoc3c2)c1. The summed E-state index contributed by atoms with van der Waals surface area (Å²) < 4.78 is 11.3. The van der Waals surface area contributed by atoms with Gasteiger partial charge in [-0.05, 0) is 42.8 Å². The van der Waals surface area contributed by atoms with E-state index < -0.39 is 0 Å². The largest absolute Gasteiger partial charge is 0.482 e. The third kappa shape index (κ3) is 4.17. The molecule has 0 radical (unpaired) electrons. The summed E-state index contributed by atoms with van der Waals surface area (Å²) in [6.07, 6.45) is 2.73. The van der Waals surface area contributed by atoms with Crippen molar-refractivity contribution in [3.63, 3.8) is 0 Å². The van der Waals surface area contributed by atoms with Crippen molar-refractivity contribution in [3.05, 3.63) is 83.2 Å². The molecule has 2 aromatic heterocycles. The van der Waals surface area contributed by atoms with Gasteiger partial charge >= 0.3 is 0 Å². The van der Waals surface area contributed by atoms with E-state index in [0.717, 1.165) is 10.9 Å². The Kier molecular flexibility index (Phi) is 5.10. The van der Waals surface area contributed by atoms with Gasteiger partial charge in [-0.3, -0.25) is 4.79 Å². The monoisotopic (exact) mass is 407 g/mol. The number of nitrogens with zero attached hydrogens (tertiary/aromatic N) is 1. The molecule has 0 fully saturated rings. The molecule has 4 aromatic rings. The zero-order chi connectivity index (χ0) is 20.4. The number of amides is 1. The van der Waals surface area contributed by atoms with Crippen LogP contribution >= 0.6 is 11.6 Å². The van der Waals surface area contributed by atoms with E-state index in [4.69, 9.17) is 26.5 Å². The van der Waals surface area contributed by atoms with Crippen molar-refractivity contribution in [1.82, 2.24) is 4.98 Å². The molecular formula is C22H18ClN3O3. The van der Waals surface area contributed by atoms with Crippen molar-refractivity contribution >= 4 is 40.0 Å². The summed E-state index contributed by atoms with van der Waals surface area (Å²) in [6, 6.07) is 16.2.